The highest BCUT2D eigenvalue weighted by Crippen LogP contribution is 2.36. The normalized spacial score (nSPS) is 12.3. The molecule has 0 radical (unpaired) electrons. The van der Waals surface area contributed by atoms with Gasteiger partial charge >= 0.3 is 6.18 Å². The van der Waals surface area contributed by atoms with Gasteiger partial charge in [0.1, 0.15) is 0 Å². The van der Waals surface area contributed by atoms with Gasteiger partial charge in [-0.3, -0.25) is 4.72 Å². The predicted octanol–water partition coefficient (Wildman–Crippen LogP) is 5.39. The number of rotatable bonds is 4. The minimum absolute atomic E-state index is 0.285. The molecule has 0 saturated heterocycles. The van der Waals surface area contributed by atoms with Crippen molar-refractivity contribution in [2.45, 2.75) is 13.1 Å². The summed E-state index contributed by atoms with van der Waals surface area (Å²) in [5, 5.41) is 5.57. The van der Waals surface area contributed by atoms with Crippen LogP contribution in [-0.2, 0) is 16.2 Å². The summed E-state index contributed by atoms with van der Waals surface area (Å²) in [6, 6.07) is 18.2. The molecule has 0 aliphatic rings. The first-order chi connectivity index (χ1) is 14.5. The van der Waals surface area contributed by atoms with Crippen LogP contribution >= 0.6 is 0 Å². The molecule has 1 aromatic heterocycles. The largest absolute Gasteiger partial charge is 0.435 e. The van der Waals surface area contributed by atoms with Crippen LogP contribution in [0.25, 0.3) is 27.7 Å². The number of sulfonamides is 1. The van der Waals surface area contributed by atoms with Crippen LogP contribution in [0, 0.1) is 6.92 Å². The van der Waals surface area contributed by atoms with Crippen LogP contribution in [0.4, 0.5) is 18.9 Å². The van der Waals surface area contributed by atoms with E-state index >= 15 is 0 Å². The number of alkyl halides is 3. The van der Waals surface area contributed by atoms with Crippen molar-refractivity contribution in [3.05, 3.63) is 78.0 Å². The third-order valence-corrected chi connectivity index (χ3v) is 5.44. The summed E-state index contributed by atoms with van der Waals surface area (Å²) in [7, 11) is -3.47. The Hall–Kier alpha value is -3.33. The third-order valence-electron chi connectivity index (χ3n) is 4.83. The zero-order valence-electron chi connectivity index (χ0n) is 16.6. The number of nitrogens with zero attached hydrogens (tertiary/aromatic N) is 2. The zero-order valence-corrected chi connectivity index (χ0v) is 17.4. The molecular formula is C22H18F3N3O2S. The molecule has 0 saturated carbocycles. The number of nitrogens with one attached hydrogen (secondary N) is 1. The SMILES string of the molecule is Cc1ccc(-c2cc(C(F)(F)F)nn2-c2ccc(NS(C)(=O)=O)cc2)c2ccccc12. The van der Waals surface area contributed by atoms with Crippen LogP contribution in [0.2, 0.25) is 0 Å². The smallest absolute Gasteiger partial charge is 0.284 e. The van der Waals surface area contributed by atoms with Gasteiger partial charge in [0.15, 0.2) is 5.69 Å². The molecule has 0 fully saturated rings. The monoisotopic (exact) mass is 445 g/mol. The molecular weight excluding hydrogens is 427 g/mol. The van der Waals surface area contributed by atoms with E-state index in [1.54, 1.807) is 6.07 Å². The number of aromatic nitrogens is 2. The number of hydrogen-bond acceptors (Lipinski definition) is 3. The standard InChI is InChI=1S/C22H18F3N3O2S/c1-14-7-12-19(18-6-4-3-5-17(14)18)20-13-21(22(23,24)25)26-28(20)16-10-8-15(9-11-16)27-31(2,29)30/h3-13,27H,1-2H3. The fourth-order valence-electron chi connectivity index (χ4n) is 3.47. The molecule has 0 spiro atoms. The van der Waals surface area contributed by atoms with Crippen LogP contribution < -0.4 is 4.72 Å². The van der Waals surface area contributed by atoms with E-state index in [1.165, 1.54) is 28.9 Å². The number of fused-ring (bicyclic) bond motifs is 1. The zero-order chi connectivity index (χ0) is 22.4. The van der Waals surface area contributed by atoms with Crippen molar-refractivity contribution in [3.8, 4) is 16.9 Å². The first-order valence-corrected chi connectivity index (χ1v) is 11.2. The van der Waals surface area contributed by atoms with Crippen molar-refractivity contribution in [2.24, 2.45) is 0 Å². The fourth-order valence-corrected chi connectivity index (χ4v) is 4.03. The molecule has 0 aliphatic heterocycles. The number of hydrogen-bond donors (Lipinski definition) is 1. The Bertz CT molecular complexity index is 1380. The topological polar surface area (TPSA) is 64.0 Å². The molecule has 0 bridgehead atoms. The lowest BCUT2D eigenvalue weighted by atomic mass is 9.98. The van der Waals surface area contributed by atoms with Gasteiger partial charge < -0.3 is 0 Å². The van der Waals surface area contributed by atoms with Crippen molar-refractivity contribution in [1.29, 1.82) is 0 Å². The average Bonchev–Trinajstić information content (AvgIpc) is 3.13. The Kier molecular flexibility index (Phi) is 5.01. The molecule has 0 atom stereocenters. The Morgan fingerprint density at radius 2 is 1.58 bits per heavy atom. The van der Waals surface area contributed by atoms with Gasteiger partial charge in [-0.15, -0.1) is 0 Å². The second-order valence-corrected chi connectivity index (χ2v) is 8.97. The highest BCUT2D eigenvalue weighted by atomic mass is 32.2. The van der Waals surface area contributed by atoms with Gasteiger partial charge in [-0.25, -0.2) is 13.1 Å². The molecule has 1 N–H and O–H groups in total. The van der Waals surface area contributed by atoms with E-state index in [2.05, 4.69) is 9.82 Å². The maximum Gasteiger partial charge on any atom is 0.435 e. The van der Waals surface area contributed by atoms with Gasteiger partial charge in [-0.05, 0) is 53.6 Å². The fraction of sp³-hybridized carbons (Fsp3) is 0.136. The van der Waals surface area contributed by atoms with Crippen LogP contribution in [0.15, 0.2) is 66.7 Å². The minimum Gasteiger partial charge on any atom is -0.284 e. The van der Waals surface area contributed by atoms with Gasteiger partial charge in [0.25, 0.3) is 0 Å². The van der Waals surface area contributed by atoms with E-state index in [4.69, 9.17) is 0 Å². The number of anilines is 1. The Morgan fingerprint density at radius 3 is 2.19 bits per heavy atom. The van der Waals surface area contributed by atoms with E-state index in [0.717, 1.165) is 28.7 Å². The lowest BCUT2D eigenvalue weighted by Gasteiger charge is -2.12. The molecule has 4 rings (SSSR count). The second kappa shape index (κ2) is 7.42. The van der Waals surface area contributed by atoms with Crippen molar-refractivity contribution in [3.63, 3.8) is 0 Å². The highest BCUT2D eigenvalue weighted by Gasteiger charge is 2.35. The summed E-state index contributed by atoms with van der Waals surface area (Å²) in [5.41, 5.74) is 1.57. The number of aryl methyl sites for hydroxylation is 1. The van der Waals surface area contributed by atoms with Crippen molar-refractivity contribution in [2.75, 3.05) is 11.0 Å². The summed E-state index contributed by atoms with van der Waals surface area (Å²) < 4.78 is 66.8. The summed E-state index contributed by atoms with van der Waals surface area (Å²) in [6.07, 6.45) is -3.59. The summed E-state index contributed by atoms with van der Waals surface area (Å²) in [4.78, 5) is 0. The Balaban J connectivity index is 1.91. The lowest BCUT2D eigenvalue weighted by molar-refractivity contribution is -0.141. The molecule has 160 valence electrons. The van der Waals surface area contributed by atoms with Gasteiger partial charge in [0.05, 0.1) is 17.6 Å². The van der Waals surface area contributed by atoms with E-state index in [9.17, 15) is 21.6 Å². The maximum atomic E-state index is 13.5. The minimum atomic E-state index is -4.61. The van der Waals surface area contributed by atoms with Crippen molar-refractivity contribution in [1.82, 2.24) is 9.78 Å². The number of benzene rings is 3. The van der Waals surface area contributed by atoms with Crippen LogP contribution in [-0.4, -0.2) is 24.5 Å². The van der Waals surface area contributed by atoms with E-state index in [0.29, 0.717) is 16.9 Å². The van der Waals surface area contributed by atoms with Crippen molar-refractivity contribution >= 4 is 26.5 Å². The molecule has 5 nitrogen and oxygen atoms in total. The molecule has 3 aromatic carbocycles. The second-order valence-electron chi connectivity index (χ2n) is 7.22. The van der Waals surface area contributed by atoms with Gasteiger partial charge in [-0.2, -0.15) is 18.3 Å². The predicted molar refractivity (Wildman–Crippen MR) is 115 cm³/mol. The summed E-state index contributed by atoms with van der Waals surface area (Å²) in [6.45, 7) is 1.94. The molecule has 0 unspecified atom stereocenters. The number of halogens is 3. The van der Waals surface area contributed by atoms with Gasteiger partial charge in [0, 0.05) is 11.3 Å². The summed E-state index contributed by atoms with van der Waals surface area (Å²) in [5.74, 6) is 0. The molecule has 1 heterocycles. The maximum absolute atomic E-state index is 13.5. The third kappa shape index (κ3) is 4.27. The van der Waals surface area contributed by atoms with Crippen molar-refractivity contribution < 1.29 is 21.6 Å². The van der Waals surface area contributed by atoms with Crippen LogP contribution in [0.1, 0.15) is 11.3 Å². The van der Waals surface area contributed by atoms with E-state index in [-0.39, 0.29) is 5.69 Å². The molecule has 4 aromatic rings. The van der Waals surface area contributed by atoms with Crippen LogP contribution in [0.3, 0.4) is 0 Å². The first kappa shape index (κ1) is 20.9. The van der Waals surface area contributed by atoms with Crippen LogP contribution in [0.5, 0.6) is 0 Å². The molecule has 0 amide bonds. The highest BCUT2D eigenvalue weighted by molar-refractivity contribution is 7.92. The van der Waals surface area contributed by atoms with E-state index in [1.807, 2.05) is 37.3 Å². The Labute approximate surface area is 177 Å². The molecule has 0 aliphatic carbocycles. The average molecular weight is 445 g/mol. The van der Waals surface area contributed by atoms with Gasteiger partial charge in [-0.1, -0.05) is 36.4 Å². The molecule has 31 heavy (non-hydrogen) atoms. The quantitative estimate of drug-likeness (QED) is 0.458. The first-order valence-electron chi connectivity index (χ1n) is 9.27. The lowest BCUT2D eigenvalue weighted by Crippen LogP contribution is -2.10. The Morgan fingerprint density at radius 1 is 0.935 bits per heavy atom. The summed E-state index contributed by atoms with van der Waals surface area (Å²) >= 11 is 0. The van der Waals surface area contributed by atoms with E-state index < -0.39 is 21.9 Å². The van der Waals surface area contributed by atoms with Gasteiger partial charge in [0.2, 0.25) is 10.0 Å². The molecule has 9 heteroatoms.